The first-order valence-electron chi connectivity index (χ1n) is 9.91. The molecule has 1 saturated carbocycles. The van der Waals surface area contributed by atoms with Crippen LogP contribution in [0, 0.1) is 17.6 Å². The normalized spacial score (nSPS) is 19.0. The molecule has 3 aromatic heterocycles. The average Bonchev–Trinajstić information content (AvgIpc) is 3.23. The molecule has 30 heavy (non-hydrogen) atoms. The van der Waals surface area contributed by atoms with Gasteiger partial charge in [0.2, 0.25) is 0 Å². The van der Waals surface area contributed by atoms with Gasteiger partial charge in [0.25, 0.3) is 0 Å². The summed E-state index contributed by atoms with van der Waals surface area (Å²) in [5.74, 6) is -2.87. The number of aromatic nitrogens is 4. The second kappa shape index (κ2) is 6.62. The van der Waals surface area contributed by atoms with Crippen molar-refractivity contribution in [3.63, 3.8) is 0 Å². The molecule has 0 radical (unpaired) electrons. The SMILES string of the molecule is CC(C)c1c([C@H]2C[C@H](C(=O)O)C2)c2nc3[nH]ncc3cc2n1-c1ccc(F)c(F)c1. The summed E-state index contributed by atoms with van der Waals surface area (Å²) >= 11 is 0. The van der Waals surface area contributed by atoms with Crippen molar-refractivity contribution in [3.8, 4) is 5.69 Å². The van der Waals surface area contributed by atoms with Crippen LogP contribution >= 0.6 is 0 Å². The molecule has 0 aliphatic heterocycles. The van der Waals surface area contributed by atoms with Crippen molar-refractivity contribution in [1.29, 1.82) is 0 Å². The van der Waals surface area contributed by atoms with E-state index in [1.165, 1.54) is 6.07 Å². The Hall–Kier alpha value is -3.29. The molecule has 1 fully saturated rings. The van der Waals surface area contributed by atoms with Crippen LogP contribution in [0.15, 0.2) is 30.5 Å². The van der Waals surface area contributed by atoms with E-state index in [2.05, 4.69) is 10.2 Å². The molecule has 0 bridgehead atoms. The number of carbonyl (C=O) groups is 1. The maximum absolute atomic E-state index is 14.1. The predicted octanol–water partition coefficient (Wildman–Crippen LogP) is 4.88. The highest BCUT2D eigenvalue weighted by molar-refractivity contribution is 5.94. The van der Waals surface area contributed by atoms with E-state index >= 15 is 0 Å². The van der Waals surface area contributed by atoms with E-state index in [0.717, 1.165) is 33.7 Å². The first-order chi connectivity index (χ1) is 14.3. The van der Waals surface area contributed by atoms with Crippen LogP contribution in [0.3, 0.4) is 0 Å². The highest BCUT2D eigenvalue weighted by Gasteiger charge is 2.39. The van der Waals surface area contributed by atoms with Gasteiger partial charge in [0.1, 0.15) is 0 Å². The number of nitrogens with one attached hydrogen (secondary N) is 1. The third-order valence-electron chi connectivity index (χ3n) is 6.02. The Morgan fingerprint density at radius 3 is 2.67 bits per heavy atom. The number of carboxylic acids is 1. The minimum absolute atomic E-state index is 0.0467. The van der Waals surface area contributed by atoms with E-state index in [4.69, 9.17) is 4.98 Å². The molecule has 1 aliphatic rings. The number of aromatic amines is 1. The van der Waals surface area contributed by atoms with Crippen molar-refractivity contribution in [3.05, 3.63) is 53.4 Å². The zero-order valence-electron chi connectivity index (χ0n) is 16.5. The number of halogens is 2. The van der Waals surface area contributed by atoms with Gasteiger partial charge in [-0.2, -0.15) is 5.10 Å². The Balaban J connectivity index is 1.82. The number of benzene rings is 1. The minimum atomic E-state index is -0.919. The lowest BCUT2D eigenvalue weighted by Gasteiger charge is -2.33. The zero-order valence-corrected chi connectivity index (χ0v) is 16.5. The first kappa shape index (κ1) is 18.7. The minimum Gasteiger partial charge on any atom is -0.481 e. The number of aliphatic carboxylic acids is 1. The van der Waals surface area contributed by atoms with Crippen LogP contribution in [-0.4, -0.2) is 30.8 Å². The van der Waals surface area contributed by atoms with Crippen molar-refractivity contribution in [2.75, 3.05) is 0 Å². The fraction of sp³-hybridized carbons (Fsp3) is 0.318. The Kier molecular flexibility index (Phi) is 4.13. The quantitative estimate of drug-likeness (QED) is 0.502. The fourth-order valence-corrected chi connectivity index (χ4v) is 4.54. The van der Waals surface area contributed by atoms with Gasteiger partial charge < -0.3 is 9.67 Å². The van der Waals surface area contributed by atoms with Gasteiger partial charge in [-0.1, -0.05) is 13.8 Å². The van der Waals surface area contributed by atoms with Gasteiger partial charge in [-0.3, -0.25) is 9.89 Å². The van der Waals surface area contributed by atoms with Crippen molar-refractivity contribution in [1.82, 2.24) is 19.7 Å². The Morgan fingerprint density at radius 1 is 1.23 bits per heavy atom. The number of rotatable bonds is 4. The van der Waals surface area contributed by atoms with Crippen molar-refractivity contribution >= 4 is 28.0 Å². The lowest BCUT2D eigenvalue weighted by atomic mass is 9.70. The van der Waals surface area contributed by atoms with E-state index in [1.54, 1.807) is 12.3 Å². The number of pyridine rings is 1. The van der Waals surface area contributed by atoms with Gasteiger partial charge in [-0.25, -0.2) is 13.8 Å². The zero-order chi connectivity index (χ0) is 21.2. The fourth-order valence-electron chi connectivity index (χ4n) is 4.54. The van der Waals surface area contributed by atoms with E-state index in [1.807, 2.05) is 24.5 Å². The smallest absolute Gasteiger partial charge is 0.306 e. The molecule has 0 saturated heterocycles. The second-order valence-corrected chi connectivity index (χ2v) is 8.25. The molecule has 1 aliphatic carbocycles. The van der Waals surface area contributed by atoms with Crippen molar-refractivity contribution in [2.45, 2.75) is 38.5 Å². The van der Waals surface area contributed by atoms with Crippen LogP contribution in [0.1, 0.15) is 49.8 Å². The first-order valence-corrected chi connectivity index (χ1v) is 9.91. The van der Waals surface area contributed by atoms with Crippen LogP contribution in [0.4, 0.5) is 8.78 Å². The van der Waals surface area contributed by atoms with E-state index < -0.39 is 17.6 Å². The topological polar surface area (TPSA) is 83.8 Å². The van der Waals surface area contributed by atoms with Crippen LogP contribution < -0.4 is 0 Å². The molecule has 3 heterocycles. The molecule has 8 heteroatoms. The second-order valence-electron chi connectivity index (χ2n) is 8.25. The van der Waals surface area contributed by atoms with E-state index in [0.29, 0.717) is 24.2 Å². The summed E-state index contributed by atoms with van der Waals surface area (Å²) in [7, 11) is 0. The van der Waals surface area contributed by atoms with Gasteiger partial charge in [0.05, 0.1) is 23.1 Å². The molecule has 0 unspecified atom stereocenters. The summed E-state index contributed by atoms with van der Waals surface area (Å²) < 4.78 is 29.6. The van der Waals surface area contributed by atoms with E-state index in [9.17, 15) is 18.7 Å². The summed E-state index contributed by atoms with van der Waals surface area (Å²) in [6.07, 6.45) is 2.74. The van der Waals surface area contributed by atoms with Crippen molar-refractivity contribution < 1.29 is 18.7 Å². The number of nitrogens with zero attached hydrogens (tertiary/aromatic N) is 3. The monoisotopic (exact) mass is 410 g/mol. The highest BCUT2D eigenvalue weighted by Crippen LogP contribution is 2.48. The third kappa shape index (κ3) is 2.70. The van der Waals surface area contributed by atoms with Crippen LogP contribution in [0.2, 0.25) is 0 Å². The standard InChI is InChI=1S/C22H20F2N4O2/c1-10(2)20-18(11-5-12(6-11)22(29)30)19-17(7-13-9-25-27-21(13)26-19)28(20)14-3-4-15(23)16(24)8-14/h3-4,7-12H,5-6H2,1-2H3,(H,29,30)(H,25,26,27)/t11-,12-. The van der Waals surface area contributed by atoms with Gasteiger partial charge in [0.15, 0.2) is 17.3 Å². The van der Waals surface area contributed by atoms with Crippen molar-refractivity contribution in [2.24, 2.45) is 5.92 Å². The van der Waals surface area contributed by atoms with Gasteiger partial charge in [0, 0.05) is 28.4 Å². The lowest BCUT2D eigenvalue weighted by molar-refractivity contribution is -0.145. The maximum Gasteiger partial charge on any atom is 0.306 e. The molecule has 0 spiro atoms. The summed E-state index contributed by atoms with van der Waals surface area (Å²) in [6, 6.07) is 5.79. The Morgan fingerprint density at radius 2 is 2.00 bits per heavy atom. The molecule has 6 nitrogen and oxygen atoms in total. The summed E-state index contributed by atoms with van der Waals surface area (Å²) in [5.41, 5.74) is 4.58. The Bertz CT molecular complexity index is 1300. The van der Waals surface area contributed by atoms with Crippen LogP contribution in [0.25, 0.3) is 27.8 Å². The summed E-state index contributed by atoms with van der Waals surface area (Å²) in [6.45, 7) is 4.07. The average molecular weight is 410 g/mol. The molecule has 2 N–H and O–H groups in total. The highest BCUT2D eigenvalue weighted by atomic mass is 19.2. The molecule has 0 amide bonds. The molecular weight excluding hydrogens is 390 g/mol. The lowest BCUT2D eigenvalue weighted by Crippen LogP contribution is -2.29. The number of H-pyrrole nitrogens is 1. The molecule has 154 valence electrons. The predicted molar refractivity (Wildman–Crippen MR) is 108 cm³/mol. The maximum atomic E-state index is 14.1. The van der Waals surface area contributed by atoms with E-state index in [-0.39, 0.29) is 17.8 Å². The largest absolute Gasteiger partial charge is 0.481 e. The van der Waals surface area contributed by atoms with Gasteiger partial charge in [-0.15, -0.1) is 0 Å². The molecule has 0 atom stereocenters. The van der Waals surface area contributed by atoms with Crippen LogP contribution in [0.5, 0.6) is 0 Å². The molecule has 5 rings (SSSR count). The number of carboxylic acid groups (broad SMARTS) is 1. The molecule has 1 aromatic carbocycles. The molecular formula is C22H20F2N4O2. The summed E-state index contributed by atoms with van der Waals surface area (Å²) in [5, 5.41) is 17.1. The number of hydrogen-bond acceptors (Lipinski definition) is 3. The molecule has 4 aromatic rings. The number of fused-ring (bicyclic) bond motifs is 2. The van der Waals surface area contributed by atoms with Crippen LogP contribution in [-0.2, 0) is 4.79 Å². The van der Waals surface area contributed by atoms with Gasteiger partial charge in [-0.05, 0) is 42.9 Å². The summed E-state index contributed by atoms with van der Waals surface area (Å²) in [4.78, 5) is 16.2. The number of hydrogen-bond donors (Lipinski definition) is 2. The third-order valence-corrected chi connectivity index (χ3v) is 6.02. The van der Waals surface area contributed by atoms with Gasteiger partial charge >= 0.3 is 5.97 Å². The Labute approximate surface area is 170 Å².